The van der Waals surface area contributed by atoms with Gasteiger partial charge in [0.25, 0.3) is 0 Å². The van der Waals surface area contributed by atoms with Crippen LogP contribution in [0.15, 0.2) is 23.8 Å². The van der Waals surface area contributed by atoms with Crippen LogP contribution in [-0.4, -0.2) is 76.1 Å². The number of hydrogen-bond donors (Lipinski definition) is 0. The van der Waals surface area contributed by atoms with E-state index in [0.717, 1.165) is 0 Å². The number of Topliss-reactive ketones (excluding diaryl/α,β-unsaturated/α-hetero) is 1. The Labute approximate surface area is 142 Å². The van der Waals surface area contributed by atoms with Crippen molar-refractivity contribution >= 4 is 29.3 Å². The van der Waals surface area contributed by atoms with Crippen molar-refractivity contribution in [2.75, 3.05) is 39.7 Å². The first-order chi connectivity index (χ1) is 10.3. The molecule has 0 bridgehead atoms. The monoisotopic (exact) mass is 342 g/mol. The summed E-state index contributed by atoms with van der Waals surface area (Å²) in [5.74, 6) is 1.41. The number of carbonyl (C=O) groups excluding carboxylic acids is 1. The van der Waals surface area contributed by atoms with Crippen LogP contribution in [0.3, 0.4) is 0 Å². The molecule has 0 aromatic carbocycles. The molecule has 2 rings (SSSR count). The topological polar surface area (TPSA) is 30.0 Å². The summed E-state index contributed by atoms with van der Waals surface area (Å²) in [7, 11) is 8.26. The Morgan fingerprint density at radius 2 is 1.32 bits per heavy atom. The van der Waals surface area contributed by atoms with Crippen LogP contribution in [0.4, 0.5) is 0 Å². The van der Waals surface area contributed by atoms with Gasteiger partial charge < -0.3 is 19.6 Å². The molecule has 0 amide bonds. The molecule has 0 unspecified atom stereocenters. The van der Waals surface area contributed by atoms with E-state index in [4.69, 9.17) is 0 Å². The molecule has 5 nitrogen and oxygen atoms in total. The lowest BCUT2D eigenvalue weighted by Gasteiger charge is -2.29. The highest BCUT2D eigenvalue weighted by atomic mass is 32.2. The molecule has 2 aliphatic heterocycles. The van der Waals surface area contributed by atoms with E-state index >= 15 is 0 Å². The Bertz CT molecular complexity index is 464. The van der Waals surface area contributed by atoms with Gasteiger partial charge in [0.1, 0.15) is 11.0 Å². The molecule has 2 heterocycles. The molecule has 124 valence electrons. The van der Waals surface area contributed by atoms with Gasteiger partial charge in [-0.1, -0.05) is 0 Å². The van der Waals surface area contributed by atoms with Crippen LogP contribution in [0.5, 0.6) is 0 Å². The number of rotatable bonds is 6. The first-order valence-electron chi connectivity index (χ1n) is 7.33. The van der Waals surface area contributed by atoms with Gasteiger partial charge in [-0.05, 0) is 13.8 Å². The molecule has 2 aliphatic rings. The zero-order valence-electron chi connectivity index (χ0n) is 14.2. The van der Waals surface area contributed by atoms with Gasteiger partial charge in [-0.3, -0.25) is 4.79 Å². The van der Waals surface area contributed by atoms with Crippen molar-refractivity contribution in [3.63, 3.8) is 0 Å². The van der Waals surface area contributed by atoms with Gasteiger partial charge in [0.2, 0.25) is 0 Å². The fraction of sp³-hybridized carbons (Fsp3) is 0.667. The highest BCUT2D eigenvalue weighted by molar-refractivity contribution is 8.02. The second kappa shape index (κ2) is 7.08. The van der Waals surface area contributed by atoms with E-state index in [2.05, 4.69) is 47.5 Å². The molecule has 0 aromatic heterocycles. The third-order valence-electron chi connectivity index (χ3n) is 4.26. The molecule has 7 heteroatoms. The molecule has 0 saturated carbocycles. The standard InChI is InChI=1S/C15H26N4OS2/c1-11-12(2)19(6)15(18(11)5)22-10-13(20)9-21-14-16(3)7-8-17(14)4/h7-8,14-15H,9-10H2,1-6H3. The maximum Gasteiger partial charge on any atom is 0.152 e. The molecule has 0 atom stereocenters. The molecule has 22 heavy (non-hydrogen) atoms. The van der Waals surface area contributed by atoms with Crippen molar-refractivity contribution in [3.05, 3.63) is 23.8 Å². The first kappa shape index (κ1) is 17.4. The molecule has 0 aromatic rings. The number of hydrogen-bond acceptors (Lipinski definition) is 7. The number of allylic oxidation sites excluding steroid dienone is 2. The van der Waals surface area contributed by atoms with Gasteiger partial charge in [-0.25, -0.2) is 0 Å². The Morgan fingerprint density at radius 3 is 1.77 bits per heavy atom. The Kier molecular flexibility index (Phi) is 5.60. The fourth-order valence-electron chi connectivity index (χ4n) is 2.58. The summed E-state index contributed by atoms with van der Waals surface area (Å²) >= 11 is 3.39. The van der Waals surface area contributed by atoms with E-state index in [1.165, 1.54) is 11.4 Å². The zero-order valence-corrected chi connectivity index (χ0v) is 15.9. The van der Waals surface area contributed by atoms with E-state index in [1.54, 1.807) is 23.5 Å². The molecular weight excluding hydrogens is 316 g/mol. The predicted molar refractivity (Wildman–Crippen MR) is 96.1 cm³/mol. The van der Waals surface area contributed by atoms with Crippen LogP contribution in [0.2, 0.25) is 0 Å². The van der Waals surface area contributed by atoms with Crippen molar-refractivity contribution in [1.82, 2.24) is 19.6 Å². The summed E-state index contributed by atoms with van der Waals surface area (Å²) in [6.45, 7) is 4.26. The maximum absolute atomic E-state index is 12.2. The third-order valence-corrected chi connectivity index (χ3v) is 7.14. The Morgan fingerprint density at radius 1 is 0.909 bits per heavy atom. The maximum atomic E-state index is 12.2. The van der Waals surface area contributed by atoms with E-state index in [9.17, 15) is 4.79 Å². The van der Waals surface area contributed by atoms with Crippen molar-refractivity contribution in [3.8, 4) is 0 Å². The van der Waals surface area contributed by atoms with Crippen LogP contribution in [0.1, 0.15) is 13.8 Å². The summed E-state index contributed by atoms with van der Waals surface area (Å²) in [4.78, 5) is 20.9. The highest BCUT2D eigenvalue weighted by Gasteiger charge is 2.30. The van der Waals surface area contributed by atoms with Crippen LogP contribution in [0, 0.1) is 0 Å². The van der Waals surface area contributed by atoms with Crippen molar-refractivity contribution < 1.29 is 4.79 Å². The summed E-state index contributed by atoms with van der Waals surface area (Å²) < 4.78 is 0. The summed E-state index contributed by atoms with van der Waals surface area (Å²) in [6.07, 6.45) is 4.08. The minimum Gasteiger partial charge on any atom is -0.351 e. The number of thioether (sulfide) groups is 2. The Balaban J connectivity index is 1.75. The first-order valence-corrected chi connectivity index (χ1v) is 9.43. The minimum atomic E-state index is 0.229. The van der Waals surface area contributed by atoms with Crippen LogP contribution >= 0.6 is 23.5 Å². The van der Waals surface area contributed by atoms with Gasteiger partial charge >= 0.3 is 0 Å². The van der Waals surface area contributed by atoms with Crippen molar-refractivity contribution in [1.29, 1.82) is 0 Å². The van der Waals surface area contributed by atoms with Crippen molar-refractivity contribution in [2.24, 2.45) is 0 Å². The normalized spacial score (nSPS) is 20.1. The molecule has 0 fully saturated rings. The summed E-state index contributed by atoms with van der Waals surface area (Å²) in [5.41, 5.74) is 3.02. The van der Waals surface area contributed by atoms with Gasteiger partial charge in [0.05, 0.1) is 11.5 Å². The average molecular weight is 343 g/mol. The van der Waals surface area contributed by atoms with Crippen LogP contribution < -0.4 is 0 Å². The lowest BCUT2D eigenvalue weighted by Crippen LogP contribution is -2.34. The molecule has 0 aliphatic carbocycles. The zero-order chi connectivity index (χ0) is 16.4. The largest absolute Gasteiger partial charge is 0.351 e. The molecule has 0 spiro atoms. The number of nitrogens with zero attached hydrogens (tertiary/aromatic N) is 4. The third kappa shape index (κ3) is 3.51. The van der Waals surface area contributed by atoms with Crippen molar-refractivity contribution in [2.45, 2.75) is 24.8 Å². The second-order valence-electron chi connectivity index (χ2n) is 5.83. The summed E-state index contributed by atoms with van der Waals surface area (Å²) in [5, 5.41) is 0. The van der Waals surface area contributed by atoms with E-state index in [0.29, 0.717) is 17.3 Å². The van der Waals surface area contributed by atoms with Gasteiger partial charge in [-0.2, -0.15) is 0 Å². The minimum absolute atomic E-state index is 0.229. The lowest BCUT2D eigenvalue weighted by atomic mass is 10.4. The summed E-state index contributed by atoms with van der Waals surface area (Å²) in [6, 6.07) is 0. The van der Waals surface area contributed by atoms with Gasteiger partial charge in [0, 0.05) is 52.0 Å². The number of ketones is 1. The number of carbonyl (C=O) groups is 1. The average Bonchev–Trinajstić information content (AvgIpc) is 2.89. The highest BCUT2D eigenvalue weighted by Crippen LogP contribution is 2.32. The molecule has 0 saturated heterocycles. The molecular formula is C15H26N4OS2. The Hall–Kier alpha value is -0.950. The predicted octanol–water partition coefficient (Wildman–Crippen LogP) is 2.07. The van der Waals surface area contributed by atoms with E-state index in [-0.39, 0.29) is 11.0 Å². The molecule has 0 radical (unpaired) electrons. The van der Waals surface area contributed by atoms with E-state index < -0.39 is 0 Å². The SMILES string of the molecule is CC1=C(C)N(C)C(SCC(=O)CSC2N(C)C=CN2C)N1C. The van der Waals surface area contributed by atoms with Crippen LogP contribution in [0.25, 0.3) is 0 Å². The fourth-order valence-corrected chi connectivity index (χ4v) is 4.96. The molecule has 0 N–H and O–H groups in total. The van der Waals surface area contributed by atoms with Crippen LogP contribution in [-0.2, 0) is 4.79 Å². The lowest BCUT2D eigenvalue weighted by molar-refractivity contribution is -0.114. The van der Waals surface area contributed by atoms with Gasteiger partial charge in [0.15, 0.2) is 5.78 Å². The second-order valence-corrected chi connectivity index (χ2v) is 7.92. The van der Waals surface area contributed by atoms with Gasteiger partial charge in [-0.15, -0.1) is 23.5 Å². The quantitative estimate of drug-likeness (QED) is 0.730. The smallest absolute Gasteiger partial charge is 0.152 e. The van der Waals surface area contributed by atoms with E-state index in [1.807, 2.05) is 26.5 Å².